The first-order valence-corrected chi connectivity index (χ1v) is 7.90. The third kappa shape index (κ3) is 3.51. The molecular formula is C15H29N3O2. The van der Waals surface area contributed by atoms with Crippen LogP contribution in [0.15, 0.2) is 0 Å². The van der Waals surface area contributed by atoms with Gasteiger partial charge in [-0.05, 0) is 39.5 Å². The number of nitrogens with one attached hydrogen (secondary N) is 1. The first-order valence-electron chi connectivity index (χ1n) is 7.90. The summed E-state index contributed by atoms with van der Waals surface area (Å²) in [5.41, 5.74) is 5.49. The summed E-state index contributed by atoms with van der Waals surface area (Å²) in [6, 6.07) is 0.904. The van der Waals surface area contributed by atoms with Crippen LogP contribution in [0.5, 0.6) is 0 Å². The fraction of sp³-hybridized carbons (Fsp3) is 0.933. The average Bonchev–Trinajstić information content (AvgIpc) is 2.48. The quantitative estimate of drug-likeness (QED) is 0.798. The molecule has 0 aromatic carbocycles. The molecule has 116 valence electrons. The Morgan fingerprint density at radius 3 is 2.45 bits per heavy atom. The minimum atomic E-state index is -0.395. The van der Waals surface area contributed by atoms with E-state index < -0.39 is 5.41 Å². The Hall–Kier alpha value is -0.650. The van der Waals surface area contributed by atoms with E-state index in [1.54, 1.807) is 0 Å². The molecule has 0 bridgehead atoms. The van der Waals surface area contributed by atoms with Gasteiger partial charge in [0.25, 0.3) is 0 Å². The summed E-state index contributed by atoms with van der Waals surface area (Å²) in [5.74, 6) is 0.145. The monoisotopic (exact) mass is 283 g/mol. The minimum Gasteiger partial charge on any atom is -0.381 e. The molecule has 2 fully saturated rings. The number of likely N-dealkylation sites (tertiary alicyclic amines) is 1. The highest BCUT2D eigenvalue weighted by molar-refractivity contribution is 5.83. The number of rotatable bonds is 4. The largest absolute Gasteiger partial charge is 0.381 e. The predicted molar refractivity (Wildman–Crippen MR) is 79.4 cm³/mol. The zero-order valence-electron chi connectivity index (χ0n) is 12.9. The van der Waals surface area contributed by atoms with Crippen LogP contribution >= 0.6 is 0 Å². The number of nitrogens with two attached hydrogens (primary N) is 1. The lowest BCUT2D eigenvalue weighted by Gasteiger charge is -2.39. The van der Waals surface area contributed by atoms with E-state index in [4.69, 9.17) is 10.5 Å². The van der Waals surface area contributed by atoms with Crippen LogP contribution in [0.25, 0.3) is 0 Å². The summed E-state index contributed by atoms with van der Waals surface area (Å²) in [7, 11) is 0. The number of carbonyl (C=O) groups excluding carboxylic acids is 1. The van der Waals surface area contributed by atoms with Gasteiger partial charge in [-0.2, -0.15) is 0 Å². The van der Waals surface area contributed by atoms with E-state index in [1.807, 2.05) is 0 Å². The van der Waals surface area contributed by atoms with Crippen LogP contribution in [0.4, 0.5) is 0 Å². The van der Waals surface area contributed by atoms with Crippen LogP contribution in [0, 0.1) is 5.41 Å². The van der Waals surface area contributed by atoms with Gasteiger partial charge in [0.2, 0.25) is 5.91 Å². The van der Waals surface area contributed by atoms with Crippen molar-refractivity contribution in [3.05, 3.63) is 0 Å². The number of amides is 1. The van der Waals surface area contributed by atoms with Gasteiger partial charge in [0.1, 0.15) is 0 Å². The molecule has 2 aliphatic heterocycles. The molecule has 0 spiro atoms. The Morgan fingerprint density at radius 1 is 1.35 bits per heavy atom. The summed E-state index contributed by atoms with van der Waals surface area (Å²) in [5, 5.41) is 3.24. The lowest BCUT2D eigenvalue weighted by atomic mass is 9.79. The molecule has 20 heavy (non-hydrogen) atoms. The summed E-state index contributed by atoms with van der Waals surface area (Å²) in [6.45, 7) is 8.32. The number of carbonyl (C=O) groups is 1. The third-order valence-electron chi connectivity index (χ3n) is 4.92. The van der Waals surface area contributed by atoms with Crippen LogP contribution in [-0.2, 0) is 9.53 Å². The Morgan fingerprint density at radius 2 is 1.95 bits per heavy atom. The standard InChI is InChI=1S/C15H29N3O2/c1-12(2)18-7-3-13(4-8-18)17-14(19)15(11-16)5-9-20-10-6-15/h12-13H,3-11,16H2,1-2H3,(H,17,19). The average molecular weight is 283 g/mol. The van der Waals surface area contributed by atoms with Gasteiger partial charge in [-0.15, -0.1) is 0 Å². The van der Waals surface area contributed by atoms with Crippen molar-refractivity contribution in [2.75, 3.05) is 32.8 Å². The van der Waals surface area contributed by atoms with Crippen molar-refractivity contribution in [2.45, 2.75) is 51.6 Å². The lowest BCUT2D eigenvalue weighted by Crippen LogP contribution is -2.54. The Labute approximate surface area is 122 Å². The summed E-state index contributed by atoms with van der Waals surface area (Å²) in [6.07, 6.45) is 3.59. The molecule has 0 atom stereocenters. The zero-order chi connectivity index (χ0) is 14.6. The van der Waals surface area contributed by atoms with Crippen molar-refractivity contribution in [1.29, 1.82) is 0 Å². The van der Waals surface area contributed by atoms with Gasteiger partial charge in [0, 0.05) is 44.9 Å². The van der Waals surface area contributed by atoms with Crippen molar-refractivity contribution in [3.8, 4) is 0 Å². The van der Waals surface area contributed by atoms with Crippen molar-refractivity contribution < 1.29 is 9.53 Å². The fourth-order valence-electron chi connectivity index (χ4n) is 3.18. The third-order valence-corrected chi connectivity index (χ3v) is 4.92. The van der Waals surface area contributed by atoms with Gasteiger partial charge in [-0.1, -0.05) is 0 Å². The summed E-state index contributed by atoms with van der Waals surface area (Å²) < 4.78 is 5.36. The maximum atomic E-state index is 12.6. The highest BCUT2D eigenvalue weighted by atomic mass is 16.5. The van der Waals surface area contributed by atoms with Gasteiger partial charge in [-0.3, -0.25) is 4.79 Å². The molecule has 2 heterocycles. The lowest BCUT2D eigenvalue weighted by molar-refractivity contribution is -0.137. The van der Waals surface area contributed by atoms with Gasteiger partial charge < -0.3 is 20.7 Å². The van der Waals surface area contributed by atoms with E-state index in [9.17, 15) is 4.79 Å². The van der Waals surface area contributed by atoms with E-state index >= 15 is 0 Å². The van der Waals surface area contributed by atoms with Gasteiger partial charge in [0.15, 0.2) is 0 Å². The molecule has 1 amide bonds. The fourth-order valence-corrected chi connectivity index (χ4v) is 3.18. The second kappa shape index (κ2) is 6.87. The molecule has 2 rings (SSSR count). The van der Waals surface area contributed by atoms with E-state index in [2.05, 4.69) is 24.1 Å². The molecule has 0 saturated carbocycles. The highest BCUT2D eigenvalue weighted by Gasteiger charge is 2.39. The van der Waals surface area contributed by atoms with Crippen molar-refractivity contribution in [1.82, 2.24) is 10.2 Å². The molecule has 3 N–H and O–H groups in total. The molecule has 0 aromatic heterocycles. The topological polar surface area (TPSA) is 67.6 Å². The molecule has 2 saturated heterocycles. The highest BCUT2D eigenvalue weighted by Crippen LogP contribution is 2.30. The van der Waals surface area contributed by atoms with Crippen LogP contribution in [0.2, 0.25) is 0 Å². The van der Waals surface area contributed by atoms with E-state index in [0.717, 1.165) is 38.8 Å². The maximum Gasteiger partial charge on any atom is 0.227 e. The summed E-state index contributed by atoms with van der Waals surface area (Å²) >= 11 is 0. The Balaban J connectivity index is 1.85. The van der Waals surface area contributed by atoms with Crippen molar-refractivity contribution in [2.24, 2.45) is 11.1 Å². The van der Waals surface area contributed by atoms with Crippen LogP contribution < -0.4 is 11.1 Å². The van der Waals surface area contributed by atoms with Gasteiger partial charge in [-0.25, -0.2) is 0 Å². The van der Waals surface area contributed by atoms with Crippen LogP contribution in [0.3, 0.4) is 0 Å². The number of hydrogen-bond acceptors (Lipinski definition) is 4. The normalized spacial score (nSPS) is 24.8. The Kier molecular flexibility index (Phi) is 5.41. The SMILES string of the molecule is CC(C)N1CCC(NC(=O)C2(CN)CCOCC2)CC1. The molecule has 0 aromatic rings. The molecule has 0 aliphatic carbocycles. The zero-order valence-corrected chi connectivity index (χ0v) is 12.9. The number of hydrogen-bond donors (Lipinski definition) is 2. The first-order chi connectivity index (χ1) is 9.57. The van der Waals surface area contributed by atoms with Crippen molar-refractivity contribution >= 4 is 5.91 Å². The van der Waals surface area contributed by atoms with E-state index in [-0.39, 0.29) is 5.91 Å². The number of nitrogens with zero attached hydrogens (tertiary/aromatic N) is 1. The number of piperidine rings is 1. The second-order valence-corrected chi connectivity index (χ2v) is 6.47. The minimum absolute atomic E-state index is 0.145. The van der Waals surface area contributed by atoms with Gasteiger partial charge in [0.05, 0.1) is 5.41 Å². The Bertz CT molecular complexity index is 319. The smallest absolute Gasteiger partial charge is 0.227 e. The predicted octanol–water partition coefficient (Wildman–Crippen LogP) is 0.731. The second-order valence-electron chi connectivity index (χ2n) is 6.47. The molecule has 5 heteroatoms. The molecule has 2 aliphatic rings. The molecule has 0 radical (unpaired) electrons. The van der Waals surface area contributed by atoms with E-state index in [1.165, 1.54) is 0 Å². The maximum absolute atomic E-state index is 12.6. The molecular weight excluding hydrogens is 254 g/mol. The van der Waals surface area contributed by atoms with Crippen LogP contribution in [-0.4, -0.2) is 55.7 Å². The van der Waals surface area contributed by atoms with Crippen molar-refractivity contribution in [3.63, 3.8) is 0 Å². The first kappa shape index (κ1) is 15.7. The molecule has 5 nitrogen and oxygen atoms in total. The molecule has 0 unspecified atom stereocenters. The van der Waals surface area contributed by atoms with Crippen LogP contribution in [0.1, 0.15) is 39.5 Å². The summed E-state index contributed by atoms with van der Waals surface area (Å²) in [4.78, 5) is 15.0. The van der Waals surface area contributed by atoms with Gasteiger partial charge >= 0.3 is 0 Å². The number of ether oxygens (including phenoxy) is 1. The van der Waals surface area contributed by atoms with E-state index in [0.29, 0.717) is 31.8 Å².